The normalized spacial score (nSPS) is 24.8. The van der Waals surface area contributed by atoms with Gasteiger partial charge in [0.1, 0.15) is 22.3 Å². The van der Waals surface area contributed by atoms with E-state index in [-0.39, 0.29) is 36.2 Å². The summed E-state index contributed by atoms with van der Waals surface area (Å²) in [4.78, 5) is 16.5. The highest BCUT2D eigenvalue weighted by molar-refractivity contribution is 6.30. The minimum absolute atomic E-state index is 0.00231. The predicted molar refractivity (Wildman–Crippen MR) is 89.0 cm³/mol. The van der Waals surface area contributed by atoms with Gasteiger partial charge in [0.05, 0.1) is 5.69 Å². The maximum atomic E-state index is 15.5. The van der Waals surface area contributed by atoms with Crippen molar-refractivity contribution in [1.82, 2.24) is 10.3 Å². The molecule has 2 unspecified atom stereocenters. The third-order valence-corrected chi connectivity index (χ3v) is 4.96. The molecule has 1 aliphatic rings. The van der Waals surface area contributed by atoms with E-state index in [9.17, 15) is 18.7 Å². The Morgan fingerprint density at radius 1 is 1.35 bits per heavy atom. The quantitative estimate of drug-likeness (QED) is 0.796. The average Bonchev–Trinajstić information content (AvgIpc) is 2.62. The Morgan fingerprint density at radius 3 is 2.81 bits per heavy atom. The first kappa shape index (κ1) is 18.7. The van der Waals surface area contributed by atoms with Crippen LogP contribution in [0.5, 0.6) is 0 Å². The maximum absolute atomic E-state index is 15.5. The number of carbonyl (C=O) groups is 1. The van der Waals surface area contributed by atoms with Crippen LogP contribution in [0.25, 0.3) is 0 Å². The Kier molecular flexibility index (Phi) is 4.71. The van der Waals surface area contributed by atoms with Gasteiger partial charge in [-0.15, -0.1) is 0 Å². The summed E-state index contributed by atoms with van der Waals surface area (Å²) < 4.78 is 42.6. The van der Waals surface area contributed by atoms with E-state index in [1.54, 1.807) is 0 Å². The Labute approximate surface area is 153 Å². The van der Waals surface area contributed by atoms with Crippen molar-refractivity contribution >= 4 is 17.5 Å². The molecule has 2 N–H and O–H groups in total. The molecule has 8 heteroatoms. The minimum Gasteiger partial charge on any atom is -0.384 e. The molecule has 2 aromatic rings. The summed E-state index contributed by atoms with van der Waals surface area (Å²) in [5.41, 5.74) is -3.75. The number of pyridine rings is 1. The van der Waals surface area contributed by atoms with Crippen molar-refractivity contribution in [3.8, 4) is 0 Å². The van der Waals surface area contributed by atoms with Gasteiger partial charge in [-0.25, -0.2) is 13.2 Å². The Bertz CT molecular complexity index is 876. The molecule has 0 saturated heterocycles. The zero-order valence-electron chi connectivity index (χ0n) is 13.8. The molecule has 1 amide bonds. The van der Waals surface area contributed by atoms with Gasteiger partial charge >= 0.3 is 0 Å². The van der Waals surface area contributed by atoms with Gasteiger partial charge in [0.2, 0.25) is 5.67 Å². The number of aliphatic hydroxyl groups is 1. The highest BCUT2D eigenvalue weighted by Crippen LogP contribution is 2.45. The van der Waals surface area contributed by atoms with Gasteiger partial charge in [-0.3, -0.25) is 9.78 Å². The average molecular weight is 385 g/mol. The Hall–Kier alpha value is -2.12. The van der Waals surface area contributed by atoms with Gasteiger partial charge in [0.15, 0.2) is 0 Å². The van der Waals surface area contributed by atoms with E-state index in [2.05, 4.69) is 10.3 Å². The number of aromatic nitrogens is 1. The van der Waals surface area contributed by atoms with Crippen LogP contribution in [0, 0.1) is 11.6 Å². The molecular formula is C18H16ClF3N2O2. The van der Waals surface area contributed by atoms with E-state index in [0.717, 1.165) is 12.1 Å². The summed E-state index contributed by atoms with van der Waals surface area (Å²) in [6, 6.07) is 4.96. The fourth-order valence-electron chi connectivity index (χ4n) is 3.08. The molecule has 3 rings (SSSR count). The molecule has 0 radical (unpaired) electrons. The summed E-state index contributed by atoms with van der Waals surface area (Å²) in [5.74, 6) is -2.91. The predicted octanol–water partition coefficient (Wildman–Crippen LogP) is 3.50. The van der Waals surface area contributed by atoms with Gasteiger partial charge in [-0.05, 0) is 31.9 Å². The molecule has 138 valence electrons. The summed E-state index contributed by atoms with van der Waals surface area (Å²) in [7, 11) is 0. The number of nitrogens with zero attached hydrogens (tertiary/aromatic N) is 1. The van der Waals surface area contributed by atoms with Gasteiger partial charge in [-0.1, -0.05) is 23.7 Å². The van der Waals surface area contributed by atoms with Crippen molar-refractivity contribution in [2.45, 2.75) is 37.6 Å². The van der Waals surface area contributed by atoms with E-state index in [1.807, 2.05) is 0 Å². The lowest BCUT2D eigenvalue weighted by Crippen LogP contribution is -2.47. The smallest absolute Gasteiger partial charge is 0.262 e. The zero-order chi connectivity index (χ0) is 19.1. The molecular weight excluding hydrogens is 369 g/mol. The van der Waals surface area contributed by atoms with Crippen LogP contribution in [-0.2, 0) is 22.6 Å². The minimum atomic E-state index is -2.41. The molecule has 0 spiro atoms. The number of nitrogens with one attached hydrogen (secondary N) is 1. The van der Waals surface area contributed by atoms with E-state index in [4.69, 9.17) is 11.6 Å². The second-order valence-corrected chi connectivity index (χ2v) is 6.87. The topological polar surface area (TPSA) is 62.2 Å². The van der Waals surface area contributed by atoms with Crippen molar-refractivity contribution in [2.24, 2.45) is 0 Å². The molecule has 0 bridgehead atoms. The van der Waals surface area contributed by atoms with E-state index in [1.165, 1.54) is 25.3 Å². The van der Waals surface area contributed by atoms with Crippen LogP contribution in [0.2, 0.25) is 5.02 Å². The monoisotopic (exact) mass is 384 g/mol. The van der Waals surface area contributed by atoms with Crippen LogP contribution in [0.1, 0.15) is 36.6 Å². The zero-order valence-corrected chi connectivity index (χ0v) is 14.6. The largest absolute Gasteiger partial charge is 0.384 e. The second-order valence-electron chi connectivity index (χ2n) is 6.49. The van der Waals surface area contributed by atoms with Crippen molar-refractivity contribution in [1.29, 1.82) is 0 Å². The van der Waals surface area contributed by atoms with Crippen LogP contribution in [0.15, 0.2) is 30.5 Å². The van der Waals surface area contributed by atoms with Crippen molar-refractivity contribution in [3.05, 3.63) is 63.9 Å². The van der Waals surface area contributed by atoms with Crippen LogP contribution >= 0.6 is 11.6 Å². The van der Waals surface area contributed by atoms with E-state index in [0.29, 0.717) is 0 Å². The number of fused-ring (bicyclic) bond motifs is 1. The SMILES string of the molecule is CC1(O)CCC(F)(C(=O)NCc2ccc(F)c(Cl)c2F)c2cccnc21. The molecule has 1 aromatic carbocycles. The lowest BCUT2D eigenvalue weighted by Gasteiger charge is -2.37. The fraction of sp³-hybridized carbons (Fsp3) is 0.333. The van der Waals surface area contributed by atoms with Crippen LogP contribution < -0.4 is 5.32 Å². The molecule has 1 aliphatic carbocycles. The first-order chi connectivity index (χ1) is 12.2. The molecule has 1 aromatic heterocycles. The number of benzene rings is 1. The summed E-state index contributed by atoms with van der Waals surface area (Å²) in [6.45, 7) is 1.15. The molecule has 1 heterocycles. The fourth-order valence-corrected chi connectivity index (χ4v) is 3.26. The van der Waals surface area contributed by atoms with Crippen molar-refractivity contribution < 1.29 is 23.1 Å². The lowest BCUT2D eigenvalue weighted by atomic mass is 9.75. The van der Waals surface area contributed by atoms with Crippen molar-refractivity contribution in [2.75, 3.05) is 0 Å². The molecule has 0 saturated carbocycles. The number of halogens is 4. The molecule has 4 nitrogen and oxygen atoms in total. The standard InChI is InChI=1S/C18H16ClF3N2O2/c1-17(26)6-7-18(22,11-3-2-8-23-15(11)17)16(25)24-9-10-4-5-12(20)13(19)14(10)21/h2-5,8,26H,6-7,9H2,1H3,(H,24,25). The van der Waals surface area contributed by atoms with Gasteiger partial charge < -0.3 is 10.4 Å². The second kappa shape index (κ2) is 6.55. The summed E-state index contributed by atoms with van der Waals surface area (Å²) >= 11 is 5.50. The lowest BCUT2D eigenvalue weighted by molar-refractivity contribution is -0.136. The number of carbonyl (C=O) groups excluding carboxylic acids is 1. The third-order valence-electron chi connectivity index (χ3n) is 4.62. The molecule has 0 fully saturated rings. The van der Waals surface area contributed by atoms with Crippen molar-refractivity contribution in [3.63, 3.8) is 0 Å². The number of hydrogen-bond acceptors (Lipinski definition) is 3. The van der Waals surface area contributed by atoms with Crippen LogP contribution in [0.3, 0.4) is 0 Å². The molecule has 0 aliphatic heterocycles. The highest BCUT2D eigenvalue weighted by atomic mass is 35.5. The summed E-state index contributed by atoms with van der Waals surface area (Å²) in [5, 5.41) is 12.0. The maximum Gasteiger partial charge on any atom is 0.262 e. The Balaban J connectivity index is 1.85. The highest BCUT2D eigenvalue weighted by Gasteiger charge is 2.50. The number of alkyl halides is 1. The van der Waals surface area contributed by atoms with Crippen LogP contribution in [0.4, 0.5) is 13.2 Å². The van der Waals surface area contributed by atoms with E-state index < -0.39 is 33.8 Å². The number of hydrogen-bond donors (Lipinski definition) is 2. The van der Waals surface area contributed by atoms with Gasteiger partial charge in [-0.2, -0.15) is 0 Å². The third kappa shape index (κ3) is 3.05. The number of rotatable bonds is 3. The summed E-state index contributed by atoms with van der Waals surface area (Å²) in [6.07, 6.45) is 1.15. The van der Waals surface area contributed by atoms with Gasteiger partial charge in [0, 0.05) is 23.9 Å². The molecule has 2 atom stereocenters. The first-order valence-electron chi connectivity index (χ1n) is 7.95. The first-order valence-corrected chi connectivity index (χ1v) is 8.32. The van der Waals surface area contributed by atoms with E-state index >= 15 is 4.39 Å². The van der Waals surface area contributed by atoms with Crippen LogP contribution in [-0.4, -0.2) is 16.0 Å². The Morgan fingerprint density at radius 2 is 2.08 bits per heavy atom. The number of amides is 1. The molecule has 26 heavy (non-hydrogen) atoms. The van der Waals surface area contributed by atoms with Gasteiger partial charge in [0.25, 0.3) is 5.91 Å².